The standard InChI is InChI=1S/C12H15N3O2/c1-9-7-10(17-15-9)14-11(16)12(8-13)5-3-2-4-6-12/h7H,2-6H2,1H3,(H,14,16). The van der Waals surface area contributed by atoms with Gasteiger partial charge in [-0.05, 0) is 19.8 Å². The van der Waals surface area contributed by atoms with E-state index in [1.54, 1.807) is 13.0 Å². The molecule has 0 unspecified atom stereocenters. The van der Waals surface area contributed by atoms with Crippen molar-refractivity contribution in [1.82, 2.24) is 5.16 Å². The zero-order valence-corrected chi connectivity index (χ0v) is 9.82. The van der Waals surface area contributed by atoms with Gasteiger partial charge in [-0.15, -0.1) is 0 Å². The first-order chi connectivity index (χ1) is 8.16. The van der Waals surface area contributed by atoms with Crippen molar-refractivity contribution >= 4 is 11.8 Å². The van der Waals surface area contributed by atoms with E-state index in [0.29, 0.717) is 24.4 Å². The van der Waals surface area contributed by atoms with Gasteiger partial charge in [0.2, 0.25) is 11.8 Å². The molecule has 1 N–H and O–H groups in total. The van der Waals surface area contributed by atoms with E-state index in [0.717, 1.165) is 19.3 Å². The van der Waals surface area contributed by atoms with Crippen LogP contribution in [0.3, 0.4) is 0 Å². The molecule has 1 saturated carbocycles. The fraction of sp³-hybridized carbons (Fsp3) is 0.583. The van der Waals surface area contributed by atoms with Crippen molar-refractivity contribution in [1.29, 1.82) is 5.26 Å². The first-order valence-electron chi connectivity index (χ1n) is 5.82. The van der Waals surface area contributed by atoms with Crippen LogP contribution in [0.25, 0.3) is 0 Å². The molecule has 90 valence electrons. The number of hydrogen-bond donors (Lipinski definition) is 1. The summed E-state index contributed by atoms with van der Waals surface area (Å²) < 4.78 is 4.92. The molecule has 17 heavy (non-hydrogen) atoms. The maximum atomic E-state index is 12.1. The van der Waals surface area contributed by atoms with Crippen LogP contribution in [0, 0.1) is 23.7 Å². The molecule has 1 aliphatic rings. The van der Waals surface area contributed by atoms with Crippen molar-refractivity contribution < 1.29 is 9.32 Å². The Bertz CT molecular complexity index is 453. The Kier molecular flexibility index (Phi) is 3.14. The first kappa shape index (κ1) is 11.6. The molecule has 1 aliphatic carbocycles. The normalized spacial score (nSPS) is 18.4. The van der Waals surface area contributed by atoms with Crippen LogP contribution in [0.15, 0.2) is 10.6 Å². The number of anilines is 1. The van der Waals surface area contributed by atoms with E-state index in [1.807, 2.05) is 0 Å². The van der Waals surface area contributed by atoms with Crippen molar-refractivity contribution in [2.24, 2.45) is 5.41 Å². The number of rotatable bonds is 2. The Morgan fingerprint density at radius 3 is 2.76 bits per heavy atom. The summed E-state index contributed by atoms with van der Waals surface area (Å²) in [5.41, 5.74) is -0.186. The van der Waals surface area contributed by atoms with Crippen LogP contribution < -0.4 is 5.32 Å². The van der Waals surface area contributed by atoms with Crippen LogP contribution in [-0.2, 0) is 4.79 Å². The van der Waals surface area contributed by atoms with E-state index in [4.69, 9.17) is 4.52 Å². The highest BCUT2D eigenvalue weighted by atomic mass is 16.5. The molecule has 0 saturated heterocycles. The molecular formula is C12H15N3O2. The molecule has 5 heteroatoms. The number of aryl methyl sites for hydroxylation is 1. The minimum atomic E-state index is -0.890. The van der Waals surface area contributed by atoms with Gasteiger partial charge in [-0.25, -0.2) is 0 Å². The summed E-state index contributed by atoms with van der Waals surface area (Å²) in [6, 6.07) is 3.81. The van der Waals surface area contributed by atoms with Crippen molar-refractivity contribution in [2.45, 2.75) is 39.0 Å². The molecule has 2 rings (SSSR count). The van der Waals surface area contributed by atoms with Gasteiger partial charge in [-0.3, -0.25) is 10.1 Å². The van der Waals surface area contributed by atoms with Crippen LogP contribution in [0.1, 0.15) is 37.8 Å². The van der Waals surface area contributed by atoms with Crippen molar-refractivity contribution in [3.05, 3.63) is 11.8 Å². The summed E-state index contributed by atoms with van der Waals surface area (Å²) >= 11 is 0. The Morgan fingerprint density at radius 1 is 1.53 bits per heavy atom. The highest BCUT2D eigenvalue weighted by molar-refractivity contribution is 5.96. The Morgan fingerprint density at radius 2 is 2.24 bits per heavy atom. The molecule has 0 radical (unpaired) electrons. The molecule has 0 spiro atoms. The molecular weight excluding hydrogens is 218 g/mol. The average molecular weight is 233 g/mol. The maximum Gasteiger partial charge on any atom is 0.247 e. The van der Waals surface area contributed by atoms with Crippen molar-refractivity contribution in [3.63, 3.8) is 0 Å². The van der Waals surface area contributed by atoms with Gasteiger partial charge in [0, 0.05) is 6.07 Å². The summed E-state index contributed by atoms with van der Waals surface area (Å²) in [6.07, 6.45) is 4.20. The molecule has 1 fully saturated rings. The van der Waals surface area contributed by atoms with Gasteiger partial charge in [0.25, 0.3) is 0 Å². The fourth-order valence-corrected chi connectivity index (χ4v) is 2.20. The quantitative estimate of drug-likeness (QED) is 0.850. The number of aromatic nitrogens is 1. The minimum absolute atomic E-state index is 0.268. The third-order valence-corrected chi connectivity index (χ3v) is 3.22. The molecule has 5 nitrogen and oxygen atoms in total. The lowest BCUT2D eigenvalue weighted by molar-refractivity contribution is -0.124. The first-order valence-corrected chi connectivity index (χ1v) is 5.82. The molecule has 1 aromatic rings. The summed E-state index contributed by atoms with van der Waals surface area (Å²) in [5, 5.41) is 15.6. The second-order valence-corrected chi connectivity index (χ2v) is 4.54. The topological polar surface area (TPSA) is 78.9 Å². The molecule has 1 heterocycles. The summed E-state index contributed by atoms with van der Waals surface area (Å²) in [7, 11) is 0. The van der Waals surface area contributed by atoms with E-state index in [-0.39, 0.29) is 5.91 Å². The SMILES string of the molecule is Cc1cc(NC(=O)C2(C#N)CCCCC2)on1. The van der Waals surface area contributed by atoms with E-state index < -0.39 is 5.41 Å². The molecule has 0 bridgehead atoms. The lowest BCUT2D eigenvalue weighted by Crippen LogP contribution is -2.36. The molecule has 0 aromatic carbocycles. The largest absolute Gasteiger partial charge is 0.338 e. The highest BCUT2D eigenvalue weighted by Gasteiger charge is 2.40. The number of nitriles is 1. The van der Waals surface area contributed by atoms with E-state index in [1.165, 1.54) is 0 Å². The number of carbonyl (C=O) groups is 1. The second-order valence-electron chi connectivity index (χ2n) is 4.54. The van der Waals surface area contributed by atoms with Crippen LogP contribution in [0.4, 0.5) is 5.88 Å². The molecule has 0 atom stereocenters. The number of nitrogens with zero attached hydrogens (tertiary/aromatic N) is 2. The third kappa shape index (κ3) is 2.31. The maximum absolute atomic E-state index is 12.1. The van der Waals surface area contributed by atoms with Crippen molar-refractivity contribution in [2.75, 3.05) is 5.32 Å². The zero-order chi connectivity index (χ0) is 12.3. The summed E-state index contributed by atoms with van der Waals surface area (Å²) in [6.45, 7) is 1.78. The fourth-order valence-electron chi connectivity index (χ4n) is 2.20. The number of carbonyl (C=O) groups excluding carboxylic acids is 1. The molecule has 0 aliphatic heterocycles. The summed E-state index contributed by atoms with van der Waals surface area (Å²) in [4.78, 5) is 12.1. The zero-order valence-electron chi connectivity index (χ0n) is 9.82. The van der Waals surface area contributed by atoms with E-state index in [9.17, 15) is 10.1 Å². The lowest BCUT2D eigenvalue weighted by Gasteiger charge is -2.28. The smallest absolute Gasteiger partial charge is 0.247 e. The Labute approximate surface area is 99.8 Å². The van der Waals surface area contributed by atoms with Gasteiger partial charge < -0.3 is 4.52 Å². The predicted molar refractivity (Wildman–Crippen MR) is 61.0 cm³/mol. The Balaban J connectivity index is 2.10. The van der Waals surface area contributed by atoms with Gasteiger partial charge >= 0.3 is 0 Å². The summed E-state index contributed by atoms with van der Waals surface area (Å²) in [5.74, 6) is 0.0450. The van der Waals surface area contributed by atoms with Gasteiger partial charge in [-0.1, -0.05) is 24.4 Å². The average Bonchev–Trinajstić information content (AvgIpc) is 2.75. The lowest BCUT2D eigenvalue weighted by atomic mass is 9.74. The number of amides is 1. The van der Waals surface area contributed by atoms with Gasteiger partial charge in [0.1, 0.15) is 5.41 Å². The minimum Gasteiger partial charge on any atom is -0.338 e. The van der Waals surface area contributed by atoms with Crippen LogP contribution >= 0.6 is 0 Å². The van der Waals surface area contributed by atoms with Crippen LogP contribution in [0.5, 0.6) is 0 Å². The Hall–Kier alpha value is -1.83. The van der Waals surface area contributed by atoms with Gasteiger partial charge in [0.15, 0.2) is 0 Å². The number of nitrogens with one attached hydrogen (secondary N) is 1. The van der Waals surface area contributed by atoms with Gasteiger partial charge in [0.05, 0.1) is 11.8 Å². The van der Waals surface area contributed by atoms with Crippen molar-refractivity contribution in [3.8, 4) is 6.07 Å². The van der Waals surface area contributed by atoms with E-state index in [2.05, 4.69) is 16.5 Å². The predicted octanol–water partition coefficient (Wildman–Crippen LogP) is 2.40. The number of hydrogen-bond acceptors (Lipinski definition) is 4. The van der Waals surface area contributed by atoms with Crippen LogP contribution in [-0.4, -0.2) is 11.1 Å². The van der Waals surface area contributed by atoms with Gasteiger partial charge in [-0.2, -0.15) is 5.26 Å². The molecule has 1 amide bonds. The molecule has 1 aromatic heterocycles. The van der Waals surface area contributed by atoms with Crippen LogP contribution in [0.2, 0.25) is 0 Å². The highest BCUT2D eigenvalue weighted by Crippen LogP contribution is 2.36. The monoisotopic (exact) mass is 233 g/mol. The third-order valence-electron chi connectivity index (χ3n) is 3.22. The second kappa shape index (κ2) is 4.58. The van der Waals surface area contributed by atoms with E-state index >= 15 is 0 Å².